The number of halogens is 1. The second-order valence-electron chi connectivity index (χ2n) is 4.44. The van der Waals surface area contributed by atoms with Gasteiger partial charge in [-0.1, -0.05) is 30.2 Å². The van der Waals surface area contributed by atoms with Crippen LogP contribution < -0.4 is 0 Å². The third-order valence-electron chi connectivity index (χ3n) is 3.40. The average molecular weight is 237 g/mol. The van der Waals surface area contributed by atoms with E-state index >= 15 is 0 Å². The van der Waals surface area contributed by atoms with Crippen LogP contribution in [0, 0.1) is 5.92 Å². The lowest BCUT2D eigenvalue weighted by atomic mass is 9.80. The fraction of sp³-hybridized carbons (Fsp3) is 0.385. The highest BCUT2D eigenvalue weighted by molar-refractivity contribution is 6.34. The summed E-state index contributed by atoms with van der Waals surface area (Å²) in [4.78, 5) is 0. The summed E-state index contributed by atoms with van der Waals surface area (Å²) in [7, 11) is 0. The molecule has 1 aliphatic carbocycles. The van der Waals surface area contributed by atoms with Crippen LogP contribution in [-0.4, -0.2) is 5.11 Å². The zero-order chi connectivity index (χ0) is 11.1. The van der Waals surface area contributed by atoms with Gasteiger partial charge >= 0.3 is 0 Å². The summed E-state index contributed by atoms with van der Waals surface area (Å²) in [6.45, 7) is 0. The van der Waals surface area contributed by atoms with Crippen LogP contribution in [0.15, 0.2) is 28.7 Å². The van der Waals surface area contributed by atoms with Gasteiger partial charge in [-0.15, -0.1) is 0 Å². The molecule has 2 nitrogen and oxygen atoms in total. The molecule has 84 valence electrons. The molecule has 1 heterocycles. The Balaban J connectivity index is 2.01. The highest BCUT2D eigenvalue weighted by Gasteiger charge is 2.29. The summed E-state index contributed by atoms with van der Waals surface area (Å²) in [5.41, 5.74) is 0.678. The molecular weight excluding hydrogens is 224 g/mol. The number of aliphatic hydroxyl groups is 1. The number of rotatable bonds is 2. The summed E-state index contributed by atoms with van der Waals surface area (Å²) < 4.78 is 5.64. The Morgan fingerprint density at radius 1 is 1.38 bits per heavy atom. The Bertz CT molecular complexity index is 514. The molecule has 1 N–H and O–H groups in total. The van der Waals surface area contributed by atoms with Crippen molar-refractivity contribution >= 4 is 22.6 Å². The fourth-order valence-corrected chi connectivity index (χ4v) is 2.40. The van der Waals surface area contributed by atoms with Crippen LogP contribution in [0.4, 0.5) is 0 Å². The van der Waals surface area contributed by atoms with E-state index in [0.717, 1.165) is 18.2 Å². The number of fused-ring (bicyclic) bond motifs is 1. The predicted molar refractivity (Wildman–Crippen MR) is 63.5 cm³/mol. The first-order chi connectivity index (χ1) is 7.75. The highest BCUT2D eigenvalue weighted by atomic mass is 35.5. The van der Waals surface area contributed by atoms with Crippen molar-refractivity contribution in [1.29, 1.82) is 0 Å². The summed E-state index contributed by atoms with van der Waals surface area (Å²) in [5, 5.41) is 11.7. The maximum absolute atomic E-state index is 10.1. The largest absolute Gasteiger partial charge is 0.457 e. The smallest absolute Gasteiger partial charge is 0.152 e. The van der Waals surface area contributed by atoms with Gasteiger partial charge in [0.25, 0.3) is 0 Å². The second-order valence-corrected chi connectivity index (χ2v) is 4.85. The number of aliphatic hydroxyl groups excluding tert-OH is 1. The van der Waals surface area contributed by atoms with E-state index in [-0.39, 0.29) is 0 Å². The number of para-hydroxylation sites is 1. The van der Waals surface area contributed by atoms with Crippen molar-refractivity contribution in [1.82, 2.24) is 0 Å². The first-order valence-corrected chi connectivity index (χ1v) is 5.99. The molecule has 0 spiro atoms. The molecule has 0 saturated heterocycles. The van der Waals surface area contributed by atoms with E-state index in [1.54, 1.807) is 6.07 Å². The van der Waals surface area contributed by atoms with Crippen LogP contribution in [0.1, 0.15) is 31.1 Å². The Morgan fingerprint density at radius 2 is 2.19 bits per heavy atom. The average Bonchev–Trinajstić information content (AvgIpc) is 2.60. The molecular formula is C13H13ClO2. The lowest BCUT2D eigenvalue weighted by molar-refractivity contribution is 0.0457. The van der Waals surface area contributed by atoms with Gasteiger partial charge in [0, 0.05) is 5.39 Å². The van der Waals surface area contributed by atoms with Crippen molar-refractivity contribution in [3.63, 3.8) is 0 Å². The van der Waals surface area contributed by atoms with Crippen LogP contribution in [0.2, 0.25) is 5.02 Å². The van der Waals surface area contributed by atoms with Crippen molar-refractivity contribution in [2.24, 2.45) is 5.92 Å². The van der Waals surface area contributed by atoms with Gasteiger partial charge < -0.3 is 9.52 Å². The molecule has 1 aromatic carbocycles. The summed E-state index contributed by atoms with van der Waals surface area (Å²) >= 11 is 6.03. The van der Waals surface area contributed by atoms with E-state index in [2.05, 4.69) is 0 Å². The van der Waals surface area contributed by atoms with Gasteiger partial charge in [-0.25, -0.2) is 0 Å². The molecule has 1 atom stereocenters. The van der Waals surface area contributed by atoms with E-state index in [9.17, 15) is 5.11 Å². The van der Waals surface area contributed by atoms with Gasteiger partial charge in [0.1, 0.15) is 11.9 Å². The van der Waals surface area contributed by atoms with Gasteiger partial charge in [-0.2, -0.15) is 0 Å². The second kappa shape index (κ2) is 3.79. The highest BCUT2D eigenvalue weighted by Crippen LogP contribution is 2.39. The zero-order valence-electron chi connectivity index (χ0n) is 8.82. The van der Waals surface area contributed by atoms with Gasteiger partial charge in [0.05, 0.1) is 5.02 Å². The van der Waals surface area contributed by atoms with Gasteiger partial charge in [0.2, 0.25) is 0 Å². The quantitative estimate of drug-likeness (QED) is 0.857. The first-order valence-electron chi connectivity index (χ1n) is 5.62. The van der Waals surface area contributed by atoms with E-state index < -0.39 is 6.10 Å². The zero-order valence-corrected chi connectivity index (χ0v) is 9.57. The van der Waals surface area contributed by atoms with E-state index in [4.69, 9.17) is 16.0 Å². The fourth-order valence-electron chi connectivity index (χ4n) is 2.18. The molecule has 1 aliphatic rings. The molecule has 1 aromatic heterocycles. The van der Waals surface area contributed by atoms with Crippen molar-refractivity contribution in [2.75, 3.05) is 0 Å². The minimum absolute atomic E-state index is 0.360. The molecule has 3 heteroatoms. The van der Waals surface area contributed by atoms with Gasteiger partial charge in [0.15, 0.2) is 5.58 Å². The van der Waals surface area contributed by atoms with Crippen molar-refractivity contribution < 1.29 is 9.52 Å². The van der Waals surface area contributed by atoms with E-state index in [1.165, 1.54) is 6.42 Å². The number of furan rings is 1. The van der Waals surface area contributed by atoms with Crippen molar-refractivity contribution in [2.45, 2.75) is 25.4 Å². The minimum atomic E-state index is -0.475. The Kier molecular flexibility index (Phi) is 2.41. The maximum Gasteiger partial charge on any atom is 0.152 e. The Morgan fingerprint density at radius 3 is 2.81 bits per heavy atom. The molecule has 1 saturated carbocycles. The molecule has 2 aromatic rings. The van der Waals surface area contributed by atoms with Gasteiger partial charge in [-0.3, -0.25) is 0 Å². The molecule has 0 aliphatic heterocycles. The first kappa shape index (κ1) is 10.2. The van der Waals surface area contributed by atoms with E-state index in [0.29, 0.717) is 22.3 Å². The number of hydrogen-bond donors (Lipinski definition) is 1. The van der Waals surface area contributed by atoms with Crippen LogP contribution in [0.5, 0.6) is 0 Å². The maximum atomic E-state index is 10.1. The lowest BCUT2D eigenvalue weighted by Crippen LogP contribution is -2.19. The van der Waals surface area contributed by atoms with E-state index in [1.807, 2.05) is 18.2 Å². The lowest BCUT2D eigenvalue weighted by Gasteiger charge is -2.28. The van der Waals surface area contributed by atoms with Crippen molar-refractivity contribution in [3.8, 4) is 0 Å². The monoisotopic (exact) mass is 236 g/mol. The summed E-state index contributed by atoms with van der Waals surface area (Å²) in [5.74, 6) is 1.01. The van der Waals surface area contributed by atoms with Crippen LogP contribution in [-0.2, 0) is 0 Å². The SMILES string of the molecule is OC(c1cc2cccc(Cl)c2o1)C1CCC1. The minimum Gasteiger partial charge on any atom is -0.457 e. The van der Waals surface area contributed by atoms with Crippen LogP contribution in [0.3, 0.4) is 0 Å². The predicted octanol–water partition coefficient (Wildman–Crippen LogP) is 3.92. The Hall–Kier alpha value is -0.990. The topological polar surface area (TPSA) is 33.4 Å². The number of benzene rings is 1. The molecule has 1 unspecified atom stereocenters. The summed E-state index contributed by atoms with van der Waals surface area (Å²) in [6, 6.07) is 7.53. The van der Waals surface area contributed by atoms with Crippen molar-refractivity contribution in [3.05, 3.63) is 35.0 Å². The van der Waals surface area contributed by atoms with Crippen LogP contribution >= 0.6 is 11.6 Å². The molecule has 16 heavy (non-hydrogen) atoms. The normalized spacial score (nSPS) is 18.6. The Labute approximate surface area is 98.8 Å². The standard InChI is InChI=1S/C13H13ClO2/c14-10-6-2-5-9-7-11(16-13(9)10)12(15)8-3-1-4-8/h2,5-8,12,15H,1,3-4H2. The molecule has 0 radical (unpaired) electrons. The van der Waals surface area contributed by atoms with Gasteiger partial charge in [-0.05, 0) is 30.9 Å². The molecule has 3 rings (SSSR count). The summed E-state index contributed by atoms with van der Waals surface area (Å²) in [6.07, 6.45) is 2.91. The third-order valence-corrected chi connectivity index (χ3v) is 3.70. The molecule has 0 bridgehead atoms. The van der Waals surface area contributed by atoms with Crippen LogP contribution in [0.25, 0.3) is 11.0 Å². The molecule has 1 fully saturated rings. The number of hydrogen-bond acceptors (Lipinski definition) is 2. The molecule has 0 amide bonds. The third kappa shape index (κ3) is 1.53.